The molecule has 4 rings (SSSR count). The summed E-state index contributed by atoms with van der Waals surface area (Å²) in [6, 6.07) is 7.73. The summed E-state index contributed by atoms with van der Waals surface area (Å²) in [7, 11) is 0. The Hall–Kier alpha value is -2.51. The van der Waals surface area contributed by atoms with Crippen LogP contribution in [-0.4, -0.2) is 23.3 Å². The van der Waals surface area contributed by atoms with E-state index in [0.717, 1.165) is 39.6 Å². The quantitative estimate of drug-likeness (QED) is 0.742. The van der Waals surface area contributed by atoms with Crippen molar-refractivity contribution >= 4 is 45.9 Å². The minimum Gasteiger partial charge on any atom is -0.326 e. The van der Waals surface area contributed by atoms with Gasteiger partial charge < -0.3 is 10.2 Å². The van der Waals surface area contributed by atoms with Gasteiger partial charge in [0.05, 0.1) is 12.1 Å². The van der Waals surface area contributed by atoms with Gasteiger partial charge in [-0.15, -0.1) is 11.3 Å². The van der Waals surface area contributed by atoms with Gasteiger partial charge in [-0.3, -0.25) is 9.59 Å². The number of thiophene rings is 1. The minimum absolute atomic E-state index is 0.0468. The number of rotatable bonds is 4. The summed E-state index contributed by atoms with van der Waals surface area (Å²) < 4.78 is 0. The van der Waals surface area contributed by atoms with Gasteiger partial charge in [0.2, 0.25) is 11.8 Å². The first-order valence-corrected chi connectivity index (χ1v) is 10.1. The van der Waals surface area contributed by atoms with Gasteiger partial charge in [0.1, 0.15) is 5.01 Å². The van der Waals surface area contributed by atoms with Crippen LogP contribution >= 0.6 is 22.7 Å². The van der Waals surface area contributed by atoms with E-state index in [1.54, 1.807) is 34.5 Å². The number of aromatic nitrogens is 1. The van der Waals surface area contributed by atoms with E-state index in [1.807, 2.05) is 35.0 Å². The monoisotopic (exact) mass is 383 g/mol. The Morgan fingerprint density at radius 1 is 1.27 bits per heavy atom. The number of hydrogen-bond donors (Lipinski definition) is 1. The summed E-state index contributed by atoms with van der Waals surface area (Å²) in [5.74, 6) is -0.0426. The average molecular weight is 383 g/mol. The van der Waals surface area contributed by atoms with E-state index in [2.05, 4.69) is 15.7 Å². The number of benzene rings is 1. The lowest BCUT2D eigenvalue weighted by atomic mass is 10.1. The van der Waals surface area contributed by atoms with Gasteiger partial charge >= 0.3 is 0 Å². The molecule has 0 atom stereocenters. The molecular formula is C19H17N3O2S2. The lowest BCUT2D eigenvalue weighted by Crippen LogP contribution is -2.25. The summed E-state index contributed by atoms with van der Waals surface area (Å²) >= 11 is 3.19. The Morgan fingerprint density at radius 2 is 2.15 bits per heavy atom. The van der Waals surface area contributed by atoms with E-state index >= 15 is 0 Å². The van der Waals surface area contributed by atoms with Crippen LogP contribution in [0.25, 0.3) is 10.6 Å². The molecule has 0 unspecified atom stereocenters. The van der Waals surface area contributed by atoms with Crippen LogP contribution < -0.4 is 10.2 Å². The SMILES string of the molecule is CC(=O)N1CCc2cc(NC(=O)Cc3csc(-c4ccsc4)n3)ccc21. The van der Waals surface area contributed by atoms with Gasteiger partial charge in [-0.05, 0) is 41.6 Å². The molecule has 1 aromatic carbocycles. The zero-order valence-electron chi connectivity index (χ0n) is 14.2. The molecule has 0 radical (unpaired) electrons. The lowest BCUT2D eigenvalue weighted by molar-refractivity contribution is -0.117. The third kappa shape index (κ3) is 3.40. The number of anilines is 2. The molecule has 5 nitrogen and oxygen atoms in total. The lowest BCUT2D eigenvalue weighted by Gasteiger charge is -2.15. The maximum atomic E-state index is 12.3. The van der Waals surface area contributed by atoms with Gasteiger partial charge in [0, 0.05) is 41.2 Å². The maximum absolute atomic E-state index is 12.3. The van der Waals surface area contributed by atoms with E-state index in [1.165, 1.54) is 0 Å². The summed E-state index contributed by atoms with van der Waals surface area (Å²) in [6.07, 6.45) is 1.06. The zero-order valence-corrected chi connectivity index (χ0v) is 15.8. The molecule has 3 heterocycles. The van der Waals surface area contributed by atoms with Crippen LogP contribution in [0.4, 0.5) is 11.4 Å². The van der Waals surface area contributed by atoms with Crippen LogP contribution in [-0.2, 0) is 22.4 Å². The second-order valence-electron chi connectivity index (χ2n) is 6.15. The number of carbonyl (C=O) groups excluding carboxylic acids is 2. The molecule has 1 aliphatic rings. The molecule has 7 heteroatoms. The summed E-state index contributed by atoms with van der Waals surface area (Å²) in [6.45, 7) is 2.27. The number of hydrogen-bond acceptors (Lipinski definition) is 5. The average Bonchev–Trinajstić information content (AvgIpc) is 3.34. The summed E-state index contributed by atoms with van der Waals surface area (Å²) in [5, 5.41) is 9.87. The highest BCUT2D eigenvalue weighted by Crippen LogP contribution is 2.30. The van der Waals surface area contributed by atoms with Gasteiger partial charge in [-0.1, -0.05) is 0 Å². The van der Waals surface area contributed by atoms with Gasteiger partial charge in [-0.2, -0.15) is 11.3 Å². The molecule has 0 bridgehead atoms. The fourth-order valence-electron chi connectivity index (χ4n) is 3.08. The Balaban J connectivity index is 1.42. The Morgan fingerprint density at radius 3 is 2.92 bits per heavy atom. The predicted octanol–water partition coefficient (Wildman–Crippen LogP) is 3.96. The molecular weight excluding hydrogens is 366 g/mol. The molecule has 1 N–H and O–H groups in total. The fourth-order valence-corrected chi connectivity index (χ4v) is 4.62. The van der Waals surface area contributed by atoms with Crippen molar-refractivity contribution < 1.29 is 9.59 Å². The van der Waals surface area contributed by atoms with E-state index in [0.29, 0.717) is 6.54 Å². The second kappa shape index (κ2) is 7.01. The van der Waals surface area contributed by atoms with Crippen molar-refractivity contribution in [1.82, 2.24) is 4.98 Å². The number of nitrogens with one attached hydrogen (secondary N) is 1. The summed E-state index contributed by atoms with van der Waals surface area (Å²) in [5.41, 5.74) is 4.66. The highest BCUT2D eigenvalue weighted by molar-refractivity contribution is 7.14. The van der Waals surface area contributed by atoms with Gasteiger partial charge in [0.25, 0.3) is 0 Å². The number of carbonyl (C=O) groups is 2. The standard InChI is InChI=1S/C19H17N3O2S2/c1-12(23)22-6-4-13-8-15(2-3-17(13)22)20-18(24)9-16-11-26-19(21-16)14-5-7-25-10-14/h2-3,5,7-8,10-11H,4,6,9H2,1H3,(H,20,24). The van der Waals surface area contributed by atoms with Crippen molar-refractivity contribution in [2.24, 2.45) is 0 Å². The topological polar surface area (TPSA) is 62.3 Å². The molecule has 0 aliphatic carbocycles. The third-order valence-electron chi connectivity index (χ3n) is 4.30. The fraction of sp³-hybridized carbons (Fsp3) is 0.211. The number of fused-ring (bicyclic) bond motifs is 1. The van der Waals surface area contributed by atoms with Crippen LogP contribution in [0.15, 0.2) is 40.4 Å². The van der Waals surface area contributed by atoms with Crippen molar-refractivity contribution in [1.29, 1.82) is 0 Å². The largest absolute Gasteiger partial charge is 0.326 e. The van der Waals surface area contributed by atoms with E-state index < -0.39 is 0 Å². The smallest absolute Gasteiger partial charge is 0.230 e. The summed E-state index contributed by atoms with van der Waals surface area (Å²) in [4.78, 5) is 30.3. The molecule has 0 saturated carbocycles. The normalized spacial score (nSPS) is 12.9. The van der Waals surface area contributed by atoms with E-state index in [-0.39, 0.29) is 18.2 Å². The van der Waals surface area contributed by atoms with Crippen LogP contribution in [0.3, 0.4) is 0 Å². The predicted molar refractivity (Wildman–Crippen MR) is 106 cm³/mol. The molecule has 3 aromatic rings. The highest BCUT2D eigenvalue weighted by Gasteiger charge is 2.22. The first-order valence-electron chi connectivity index (χ1n) is 8.28. The van der Waals surface area contributed by atoms with Crippen molar-refractivity contribution in [2.45, 2.75) is 19.8 Å². The molecule has 2 amide bonds. The van der Waals surface area contributed by atoms with Crippen molar-refractivity contribution in [3.05, 3.63) is 51.7 Å². The van der Waals surface area contributed by atoms with Crippen LogP contribution in [0.1, 0.15) is 18.2 Å². The third-order valence-corrected chi connectivity index (χ3v) is 5.92. The Bertz CT molecular complexity index is 963. The number of nitrogens with zero attached hydrogens (tertiary/aromatic N) is 2. The first-order chi connectivity index (χ1) is 12.6. The van der Waals surface area contributed by atoms with Crippen LogP contribution in [0, 0.1) is 0 Å². The molecule has 132 valence electrons. The van der Waals surface area contributed by atoms with E-state index in [4.69, 9.17) is 0 Å². The van der Waals surface area contributed by atoms with Crippen molar-refractivity contribution in [3.8, 4) is 10.6 Å². The number of amides is 2. The number of thiazole rings is 1. The minimum atomic E-state index is -0.0893. The molecule has 1 aliphatic heterocycles. The van der Waals surface area contributed by atoms with Crippen molar-refractivity contribution in [2.75, 3.05) is 16.8 Å². The molecule has 0 saturated heterocycles. The highest BCUT2D eigenvalue weighted by atomic mass is 32.1. The first kappa shape index (κ1) is 16.9. The molecule has 0 spiro atoms. The van der Waals surface area contributed by atoms with Gasteiger partial charge in [-0.25, -0.2) is 4.98 Å². The van der Waals surface area contributed by atoms with E-state index in [9.17, 15) is 9.59 Å². The Kier molecular flexibility index (Phi) is 4.57. The zero-order chi connectivity index (χ0) is 18.1. The molecule has 2 aromatic heterocycles. The Labute approximate surface area is 159 Å². The second-order valence-corrected chi connectivity index (χ2v) is 7.78. The molecule has 0 fully saturated rings. The maximum Gasteiger partial charge on any atom is 0.230 e. The van der Waals surface area contributed by atoms with Crippen molar-refractivity contribution in [3.63, 3.8) is 0 Å². The van der Waals surface area contributed by atoms with Crippen LogP contribution in [0.5, 0.6) is 0 Å². The van der Waals surface area contributed by atoms with Gasteiger partial charge in [0.15, 0.2) is 0 Å². The van der Waals surface area contributed by atoms with Crippen LogP contribution in [0.2, 0.25) is 0 Å². The molecule has 26 heavy (non-hydrogen) atoms.